The largest absolute Gasteiger partial charge is 0.355 e. The van der Waals surface area contributed by atoms with Crippen molar-refractivity contribution in [2.24, 2.45) is 5.92 Å². The van der Waals surface area contributed by atoms with Crippen LogP contribution in [0.1, 0.15) is 29.7 Å². The van der Waals surface area contributed by atoms with Crippen molar-refractivity contribution in [1.82, 2.24) is 19.9 Å². The van der Waals surface area contributed by atoms with E-state index in [2.05, 4.69) is 57.6 Å². The Labute approximate surface area is 159 Å². The van der Waals surface area contributed by atoms with Crippen LogP contribution in [-0.4, -0.2) is 33.6 Å². The highest BCUT2D eigenvalue weighted by Gasteiger charge is 2.26. The molecule has 0 saturated carbocycles. The molecule has 0 bridgehead atoms. The molecule has 4 rings (SSSR count). The quantitative estimate of drug-likeness (QED) is 0.774. The monoisotopic (exact) mass is 363 g/mol. The average Bonchev–Trinajstić information content (AvgIpc) is 3.07. The highest BCUT2D eigenvalue weighted by molar-refractivity contribution is 5.79. The highest BCUT2D eigenvalue weighted by Crippen LogP contribution is 2.25. The molecule has 1 fully saturated rings. The normalized spacial score (nSPS) is 15.3. The van der Waals surface area contributed by atoms with Crippen LogP contribution in [0.15, 0.2) is 42.7 Å². The van der Waals surface area contributed by atoms with Crippen LogP contribution in [0.3, 0.4) is 0 Å². The lowest BCUT2D eigenvalue weighted by atomic mass is 9.95. The molecule has 3 aromatic rings. The van der Waals surface area contributed by atoms with Gasteiger partial charge in [0.15, 0.2) is 5.82 Å². The van der Waals surface area contributed by atoms with Gasteiger partial charge < -0.3 is 10.2 Å². The van der Waals surface area contributed by atoms with Crippen molar-refractivity contribution in [2.45, 2.75) is 33.2 Å². The van der Waals surface area contributed by atoms with E-state index in [-0.39, 0.29) is 11.8 Å². The number of rotatable bonds is 4. The first-order valence-corrected chi connectivity index (χ1v) is 9.49. The van der Waals surface area contributed by atoms with Crippen molar-refractivity contribution < 1.29 is 4.79 Å². The summed E-state index contributed by atoms with van der Waals surface area (Å²) in [5.41, 5.74) is 4.37. The molecule has 1 amide bonds. The zero-order chi connectivity index (χ0) is 18.8. The Morgan fingerprint density at radius 2 is 1.93 bits per heavy atom. The molecule has 1 aliphatic heterocycles. The minimum atomic E-state index is 0.0677. The van der Waals surface area contributed by atoms with Gasteiger partial charge in [-0.1, -0.05) is 29.8 Å². The number of hydrogen-bond acceptors (Lipinski definition) is 4. The number of benzene rings is 1. The lowest BCUT2D eigenvalue weighted by Gasteiger charge is -2.32. The van der Waals surface area contributed by atoms with Gasteiger partial charge in [-0.05, 0) is 38.3 Å². The zero-order valence-corrected chi connectivity index (χ0v) is 15.9. The fourth-order valence-electron chi connectivity index (χ4n) is 3.67. The number of piperidine rings is 1. The Hall–Kier alpha value is -2.89. The van der Waals surface area contributed by atoms with Crippen LogP contribution < -0.4 is 10.2 Å². The smallest absolute Gasteiger partial charge is 0.223 e. The summed E-state index contributed by atoms with van der Waals surface area (Å²) in [5, 5.41) is 7.54. The predicted molar refractivity (Wildman–Crippen MR) is 106 cm³/mol. The second-order valence-corrected chi connectivity index (χ2v) is 7.33. The van der Waals surface area contributed by atoms with Gasteiger partial charge in [-0.3, -0.25) is 4.79 Å². The topological polar surface area (TPSA) is 62.5 Å². The van der Waals surface area contributed by atoms with Gasteiger partial charge in [0.05, 0.1) is 5.69 Å². The highest BCUT2D eigenvalue weighted by atomic mass is 16.1. The molecule has 6 nitrogen and oxygen atoms in total. The number of aryl methyl sites for hydroxylation is 2. The van der Waals surface area contributed by atoms with Gasteiger partial charge in [-0.25, -0.2) is 9.50 Å². The summed E-state index contributed by atoms with van der Waals surface area (Å²) in [4.78, 5) is 19.4. The Balaban J connectivity index is 1.35. The van der Waals surface area contributed by atoms with Gasteiger partial charge in [0, 0.05) is 37.9 Å². The van der Waals surface area contributed by atoms with Gasteiger partial charge >= 0.3 is 0 Å². The molecule has 0 atom stereocenters. The predicted octanol–water partition coefficient (Wildman–Crippen LogP) is 2.88. The summed E-state index contributed by atoms with van der Waals surface area (Å²) in [6, 6.07) is 10.3. The van der Waals surface area contributed by atoms with E-state index in [4.69, 9.17) is 0 Å². The molecular formula is C21H25N5O. The Morgan fingerprint density at radius 3 is 2.67 bits per heavy atom. The summed E-state index contributed by atoms with van der Waals surface area (Å²) in [6.45, 7) is 6.31. The van der Waals surface area contributed by atoms with Crippen molar-refractivity contribution in [3.63, 3.8) is 0 Å². The number of aromatic nitrogens is 3. The molecule has 1 N–H and O–H groups in total. The minimum absolute atomic E-state index is 0.0677. The minimum Gasteiger partial charge on any atom is -0.355 e. The van der Waals surface area contributed by atoms with Gasteiger partial charge in [0.1, 0.15) is 5.52 Å². The van der Waals surface area contributed by atoms with Crippen LogP contribution in [0.25, 0.3) is 5.52 Å². The zero-order valence-electron chi connectivity index (χ0n) is 15.9. The van der Waals surface area contributed by atoms with Crippen molar-refractivity contribution in [3.05, 3.63) is 59.5 Å². The SMILES string of the molecule is Cc1ccc(CNC(=O)C2CCN(c3nccn4nc(C)cc34)CC2)cc1. The molecular weight excluding hydrogens is 338 g/mol. The van der Waals surface area contributed by atoms with E-state index in [1.165, 1.54) is 5.56 Å². The van der Waals surface area contributed by atoms with Gasteiger partial charge in [0.2, 0.25) is 5.91 Å². The van der Waals surface area contributed by atoms with E-state index < -0.39 is 0 Å². The molecule has 1 aromatic carbocycles. The molecule has 0 radical (unpaired) electrons. The lowest BCUT2D eigenvalue weighted by Crippen LogP contribution is -2.40. The average molecular weight is 363 g/mol. The van der Waals surface area contributed by atoms with Gasteiger partial charge in [0.25, 0.3) is 0 Å². The second kappa shape index (κ2) is 7.39. The number of carbonyl (C=O) groups excluding carboxylic acids is 1. The van der Waals surface area contributed by atoms with Crippen LogP contribution in [0.2, 0.25) is 0 Å². The van der Waals surface area contributed by atoms with E-state index in [0.29, 0.717) is 6.54 Å². The second-order valence-electron chi connectivity index (χ2n) is 7.33. The third-order valence-corrected chi connectivity index (χ3v) is 5.24. The lowest BCUT2D eigenvalue weighted by molar-refractivity contribution is -0.125. The van der Waals surface area contributed by atoms with E-state index in [1.807, 2.05) is 17.6 Å². The maximum Gasteiger partial charge on any atom is 0.223 e. The van der Waals surface area contributed by atoms with Crippen molar-refractivity contribution >= 4 is 17.2 Å². The number of hydrogen-bond donors (Lipinski definition) is 1. The Bertz CT molecular complexity index is 939. The van der Waals surface area contributed by atoms with E-state index in [1.54, 1.807) is 6.20 Å². The maximum absolute atomic E-state index is 12.5. The summed E-state index contributed by atoms with van der Waals surface area (Å²) in [7, 11) is 0. The molecule has 0 aliphatic carbocycles. The van der Waals surface area contributed by atoms with Crippen LogP contribution in [0.4, 0.5) is 5.82 Å². The number of fused-ring (bicyclic) bond motifs is 1. The molecule has 1 saturated heterocycles. The molecule has 0 unspecified atom stereocenters. The van der Waals surface area contributed by atoms with E-state index in [9.17, 15) is 4.79 Å². The number of amides is 1. The molecule has 3 heterocycles. The van der Waals surface area contributed by atoms with Crippen LogP contribution in [0, 0.1) is 19.8 Å². The maximum atomic E-state index is 12.5. The molecule has 0 spiro atoms. The van der Waals surface area contributed by atoms with E-state index >= 15 is 0 Å². The van der Waals surface area contributed by atoms with Crippen molar-refractivity contribution in [2.75, 3.05) is 18.0 Å². The molecule has 6 heteroatoms. The standard InChI is InChI=1S/C21H25N5O/c1-15-3-5-17(6-4-15)14-23-21(27)18-7-10-25(11-8-18)20-19-13-16(2)24-26(19)12-9-22-20/h3-6,9,12-13,18H,7-8,10-11,14H2,1-2H3,(H,23,27). The number of carbonyl (C=O) groups is 1. The van der Waals surface area contributed by atoms with Gasteiger partial charge in [-0.2, -0.15) is 5.10 Å². The summed E-state index contributed by atoms with van der Waals surface area (Å²) < 4.78 is 1.87. The number of nitrogens with one attached hydrogen (secondary N) is 1. The first-order valence-electron chi connectivity index (χ1n) is 9.49. The molecule has 140 valence electrons. The fourth-order valence-corrected chi connectivity index (χ4v) is 3.67. The fraction of sp³-hybridized carbons (Fsp3) is 0.381. The summed E-state index contributed by atoms with van der Waals surface area (Å²) >= 11 is 0. The summed E-state index contributed by atoms with van der Waals surface area (Å²) in [5.74, 6) is 1.18. The first kappa shape index (κ1) is 17.5. The number of nitrogens with zero attached hydrogens (tertiary/aromatic N) is 4. The molecule has 1 aliphatic rings. The van der Waals surface area contributed by atoms with Crippen LogP contribution in [0.5, 0.6) is 0 Å². The van der Waals surface area contributed by atoms with Crippen LogP contribution >= 0.6 is 0 Å². The Morgan fingerprint density at radius 1 is 1.19 bits per heavy atom. The Kier molecular flexibility index (Phi) is 4.79. The van der Waals surface area contributed by atoms with E-state index in [0.717, 1.165) is 48.5 Å². The van der Waals surface area contributed by atoms with Crippen molar-refractivity contribution in [3.8, 4) is 0 Å². The number of anilines is 1. The van der Waals surface area contributed by atoms with Crippen LogP contribution in [-0.2, 0) is 11.3 Å². The molecule has 27 heavy (non-hydrogen) atoms. The third kappa shape index (κ3) is 3.79. The first-order chi connectivity index (χ1) is 13.1. The van der Waals surface area contributed by atoms with Crippen molar-refractivity contribution in [1.29, 1.82) is 0 Å². The van der Waals surface area contributed by atoms with Gasteiger partial charge in [-0.15, -0.1) is 0 Å². The summed E-state index contributed by atoms with van der Waals surface area (Å²) in [6.07, 6.45) is 5.34. The third-order valence-electron chi connectivity index (χ3n) is 5.24. The molecule has 2 aromatic heterocycles.